The van der Waals surface area contributed by atoms with E-state index in [9.17, 15) is 9.59 Å². The zero-order valence-corrected chi connectivity index (χ0v) is 10.1. The summed E-state index contributed by atoms with van der Waals surface area (Å²) in [6.45, 7) is 1.22. The first kappa shape index (κ1) is 13.0. The molecule has 0 bridgehead atoms. The zero-order chi connectivity index (χ0) is 12.1. The number of ether oxygens (including phenoxy) is 1. The average Bonchev–Trinajstić information content (AvgIpc) is 2.20. The minimum absolute atomic E-state index is 0.0563. The second kappa shape index (κ2) is 5.87. The van der Waals surface area contributed by atoms with Crippen LogP contribution in [0.25, 0.3) is 0 Å². The van der Waals surface area contributed by atoms with Crippen LogP contribution in [0.2, 0.25) is 5.02 Å². The maximum absolute atomic E-state index is 11.2. The lowest BCUT2D eigenvalue weighted by atomic mass is 10.0. The van der Waals surface area contributed by atoms with Gasteiger partial charge < -0.3 is 4.74 Å². The Morgan fingerprint density at radius 1 is 1.31 bits per heavy atom. The van der Waals surface area contributed by atoms with Crippen molar-refractivity contribution in [3.05, 3.63) is 34.9 Å². The summed E-state index contributed by atoms with van der Waals surface area (Å²) in [6.07, 6.45) is 0. The van der Waals surface area contributed by atoms with E-state index in [4.69, 9.17) is 27.9 Å². The molecule has 0 unspecified atom stereocenters. The van der Waals surface area contributed by atoms with E-state index in [0.29, 0.717) is 10.6 Å². The van der Waals surface area contributed by atoms with Gasteiger partial charge in [0.25, 0.3) is 0 Å². The minimum Gasteiger partial charge on any atom is -0.465 e. The molecule has 3 nitrogen and oxygen atoms in total. The Bertz CT molecular complexity index is 387. The van der Waals surface area contributed by atoms with E-state index in [2.05, 4.69) is 0 Å². The van der Waals surface area contributed by atoms with Gasteiger partial charge in [0.15, 0.2) is 0 Å². The second-order valence-corrected chi connectivity index (χ2v) is 4.02. The summed E-state index contributed by atoms with van der Waals surface area (Å²) in [5.74, 6) is -1.10. The van der Waals surface area contributed by atoms with Crippen molar-refractivity contribution < 1.29 is 14.3 Å². The predicted molar refractivity (Wildman–Crippen MR) is 61.7 cm³/mol. The number of benzene rings is 1. The van der Waals surface area contributed by atoms with Crippen LogP contribution in [0.5, 0.6) is 0 Å². The third-order valence-electron chi connectivity index (χ3n) is 2.00. The summed E-state index contributed by atoms with van der Waals surface area (Å²) in [4.78, 5) is 21.8. The summed E-state index contributed by atoms with van der Waals surface area (Å²) in [5, 5.41) is 0.000537. The highest BCUT2D eigenvalue weighted by Crippen LogP contribution is 2.21. The van der Waals surface area contributed by atoms with Gasteiger partial charge in [0.1, 0.15) is 6.61 Å². The number of hydrogen-bond donors (Lipinski definition) is 0. The normalized spacial score (nSPS) is 11.9. The Morgan fingerprint density at radius 3 is 2.31 bits per heavy atom. The quantitative estimate of drug-likeness (QED) is 0.618. The van der Waals surface area contributed by atoms with Crippen LogP contribution in [0.4, 0.5) is 0 Å². The maximum atomic E-state index is 11.2. The van der Waals surface area contributed by atoms with Gasteiger partial charge in [-0.25, -0.2) is 0 Å². The van der Waals surface area contributed by atoms with Crippen molar-refractivity contribution in [2.75, 3.05) is 6.61 Å². The Kier molecular flexibility index (Phi) is 4.77. The lowest BCUT2D eigenvalue weighted by Crippen LogP contribution is -2.16. The molecule has 1 rings (SSSR count). The molecule has 0 fully saturated rings. The topological polar surface area (TPSA) is 43.4 Å². The van der Waals surface area contributed by atoms with E-state index in [1.54, 1.807) is 24.3 Å². The van der Waals surface area contributed by atoms with Crippen molar-refractivity contribution in [3.63, 3.8) is 0 Å². The third kappa shape index (κ3) is 3.83. The Hall–Kier alpha value is -1.06. The first-order valence-corrected chi connectivity index (χ1v) is 5.34. The molecule has 0 spiro atoms. The number of carbonyl (C=O) groups is 2. The van der Waals surface area contributed by atoms with Crippen molar-refractivity contribution in [3.8, 4) is 0 Å². The molecule has 5 heteroatoms. The Balaban J connectivity index is 2.81. The Labute approximate surface area is 103 Å². The highest BCUT2D eigenvalue weighted by molar-refractivity contribution is 6.64. The molecule has 86 valence electrons. The molecule has 1 aromatic carbocycles. The molecule has 1 aromatic rings. The largest absolute Gasteiger partial charge is 0.465 e. The van der Waals surface area contributed by atoms with Crippen LogP contribution in [0, 0.1) is 0 Å². The van der Waals surface area contributed by atoms with Crippen LogP contribution in [-0.2, 0) is 14.3 Å². The minimum atomic E-state index is -0.650. The fourth-order valence-corrected chi connectivity index (χ4v) is 1.50. The third-order valence-corrected chi connectivity index (χ3v) is 2.51. The highest BCUT2D eigenvalue weighted by atomic mass is 35.5. The molecule has 0 heterocycles. The molecule has 0 radical (unpaired) electrons. The van der Waals surface area contributed by atoms with Gasteiger partial charge in [-0.2, -0.15) is 0 Å². The molecule has 1 atom stereocenters. The van der Waals surface area contributed by atoms with E-state index < -0.39 is 17.1 Å². The predicted octanol–water partition coefficient (Wildman–Crippen LogP) is 2.75. The fraction of sp³-hybridized carbons (Fsp3) is 0.273. The lowest BCUT2D eigenvalue weighted by molar-refractivity contribution is -0.141. The first-order valence-electron chi connectivity index (χ1n) is 4.59. The van der Waals surface area contributed by atoms with E-state index >= 15 is 0 Å². The summed E-state index contributed by atoms with van der Waals surface area (Å²) in [6, 6.07) is 6.66. The van der Waals surface area contributed by atoms with Crippen LogP contribution in [0.3, 0.4) is 0 Å². The Morgan fingerprint density at radius 2 is 1.88 bits per heavy atom. The molecule has 16 heavy (non-hydrogen) atoms. The number of halogens is 2. The number of carbonyl (C=O) groups excluding carboxylic acids is 2. The zero-order valence-electron chi connectivity index (χ0n) is 8.57. The van der Waals surface area contributed by atoms with Gasteiger partial charge in [0, 0.05) is 11.9 Å². The van der Waals surface area contributed by atoms with Crippen molar-refractivity contribution >= 4 is 34.4 Å². The van der Waals surface area contributed by atoms with Crippen LogP contribution < -0.4 is 0 Å². The summed E-state index contributed by atoms with van der Waals surface area (Å²) in [5.41, 5.74) is 0.672. The van der Waals surface area contributed by atoms with E-state index in [1.165, 1.54) is 6.92 Å². The van der Waals surface area contributed by atoms with Crippen LogP contribution in [0.15, 0.2) is 24.3 Å². The van der Waals surface area contributed by atoms with E-state index in [1.807, 2.05) is 0 Å². The maximum Gasteiger partial charge on any atom is 0.302 e. The first-order chi connectivity index (χ1) is 7.50. The van der Waals surface area contributed by atoms with E-state index in [-0.39, 0.29) is 6.61 Å². The molecule has 0 aliphatic rings. The summed E-state index contributed by atoms with van der Waals surface area (Å²) < 4.78 is 4.77. The average molecular weight is 261 g/mol. The molecule has 0 N–H and O–H groups in total. The molecule has 0 saturated carbocycles. The van der Waals surface area contributed by atoms with E-state index in [0.717, 1.165) is 0 Å². The molecule has 0 aromatic heterocycles. The molecule has 0 aliphatic heterocycles. The van der Waals surface area contributed by atoms with Crippen molar-refractivity contribution in [2.24, 2.45) is 0 Å². The number of rotatable bonds is 4. The van der Waals surface area contributed by atoms with Crippen molar-refractivity contribution in [1.29, 1.82) is 0 Å². The summed E-state index contributed by atoms with van der Waals surface area (Å²) >= 11 is 11.2. The fourth-order valence-electron chi connectivity index (χ4n) is 1.19. The second-order valence-electron chi connectivity index (χ2n) is 3.21. The van der Waals surface area contributed by atoms with Gasteiger partial charge in [0.2, 0.25) is 5.24 Å². The van der Waals surface area contributed by atoms with Gasteiger partial charge >= 0.3 is 5.97 Å². The molecule has 0 amide bonds. The smallest absolute Gasteiger partial charge is 0.302 e. The van der Waals surface area contributed by atoms with Crippen LogP contribution >= 0.6 is 23.2 Å². The van der Waals surface area contributed by atoms with Gasteiger partial charge in [-0.1, -0.05) is 23.7 Å². The molecule has 0 saturated heterocycles. The van der Waals surface area contributed by atoms with Crippen molar-refractivity contribution in [2.45, 2.75) is 12.8 Å². The molecule has 0 aliphatic carbocycles. The summed E-state index contributed by atoms with van der Waals surface area (Å²) in [7, 11) is 0. The van der Waals surface area contributed by atoms with Crippen LogP contribution in [-0.4, -0.2) is 17.8 Å². The molecular formula is C11H10Cl2O3. The number of hydrogen-bond acceptors (Lipinski definition) is 3. The van der Waals surface area contributed by atoms with Gasteiger partial charge in [-0.05, 0) is 29.3 Å². The SMILES string of the molecule is CC(=O)OC[C@H](C(=O)Cl)c1ccc(Cl)cc1. The van der Waals surface area contributed by atoms with Crippen molar-refractivity contribution in [1.82, 2.24) is 0 Å². The lowest BCUT2D eigenvalue weighted by Gasteiger charge is -2.12. The monoisotopic (exact) mass is 260 g/mol. The van der Waals surface area contributed by atoms with Gasteiger partial charge in [-0.3, -0.25) is 9.59 Å². The number of esters is 1. The molecular weight excluding hydrogens is 251 g/mol. The van der Waals surface area contributed by atoms with Gasteiger partial charge in [0.05, 0.1) is 5.92 Å². The van der Waals surface area contributed by atoms with Gasteiger partial charge in [-0.15, -0.1) is 0 Å². The van der Waals surface area contributed by atoms with Crippen LogP contribution in [0.1, 0.15) is 18.4 Å². The highest BCUT2D eigenvalue weighted by Gasteiger charge is 2.20. The standard InChI is InChI=1S/C11H10Cl2O3/c1-7(14)16-6-10(11(13)15)8-2-4-9(12)5-3-8/h2-5,10H,6H2,1H3/t10-/m0/s1.